The monoisotopic (exact) mass is 230 g/mol. The summed E-state index contributed by atoms with van der Waals surface area (Å²) < 4.78 is 5.13. The second-order valence-corrected chi connectivity index (χ2v) is 4.36. The molecule has 0 rings (SSSR count). The van der Waals surface area contributed by atoms with Gasteiger partial charge in [-0.3, -0.25) is 4.90 Å². The molecule has 1 N–H and O–H groups in total. The number of likely N-dealkylation sites (N-methyl/N-ethyl adjacent to an activating group) is 1. The molecule has 0 aromatic carbocycles. The number of hydrogen-bond donors (Lipinski definition) is 1. The predicted molar refractivity (Wildman–Crippen MR) is 71.0 cm³/mol. The van der Waals surface area contributed by atoms with Crippen molar-refractivity contribution in [1.29, 1.82) is 0 Å². The first kappa shape index (κ1) is 15.9. The quantitative estimate of drug-likeness (QED) is 0.550. The molecular formula is C13H30N2O. The van der Waals surface area contributed by atoms with E-state index in [2.05, 4.69) is 31.0 Å². The van der Waals surface area contributed by atoms with Crippen molar-refractivity contribution in [3.8, 4) is 0 Å². The minimum Gasteiger partial charge on any atom is -0.383 e. The van der Waals surface area contributed by atoms with Gasteiger partial charge in [-0.2, -0.15) is 0 Å². The van der Waals surface area contributed by atoms with E-state index in [1.807, 2.05) is 0 Å². The largest absolute Gasteiger partial charge is 0.383 e. The van der Waals surface area contributed by atoms with E-state index >= 15 is 0 Å². The summed E-state index contributed by atoms with van der Waals surface area (Å²) in [6, 6.07) is 0.670. The van der Waals surface area contributed by atoms with Crippen LogP contribution >= 0.6 is 0 Å². The highest BCUT2D eigenvalue weighted by Crippen LogP contribution is 2.05. The van der Waals surface area contributed by atoms with Gasteiger partial charge in [-0.15, -0.1) is 0 Å². The third-order valence-corrected chi connectivity index (χ3v) is 3.01. The summed E-state index contributed by atoms with van der Waals surface area (Å²) in [5.41, 5.74) is 0. The lowest BCUT2D eigenvalue weighted by Crippen LogP contribution is -2.36. The summed E-state index contributed by atoms with van der Waals surface area (Å²) in [6.45, 7) is 12.1. The molecule has 0 aliphatic carbocycles. The van der Waals surface area contributed by atoms with Gasteiger partial charge in [-0.25, -0.2) is 0 Å². The molecule has 0 amide bonds. The molecule has 0 bridgehead atoms. The highest BCUT2D eigenvalue weighted by molar-refractivity contribution is 4.66. The van der Waals surface area contributed by atoms with Crippen LogP contribution in [0.2, 0.25) is 0 Å². The van der Waals surface area contributed by atoms with Gasteiger partial charge in [0.05, 0.1) is 6.61 Å². The Morgan fingerprint density at radius 1 is 1.25 bits per heavy atom. The van der Waals surface area contributed by atoms with Gasteiger partial charge >= 0.3 is 0 Å². The molecule has 0 aliphatic heterocycles. The van der Waals surface area contributed by atoms with Crippen molar-refractivity contribution in [2.24, 2.45) is 0 Å². The van der Waals surface area contributed by atoms with Crippen molar-refractivity contribution < 1.29 is 4.74 Å². The zero-order valence-corrected chi connectivity index (χ0v) is 11.6. The number of nitrogens with zero attached hydrogens (tertiary/aromatic N) is 1. The van der Waals surface area contributed by atoms with E-state index in [0.717, 1.165) is 32.8 Å². The fraction of sp³-hybridized carbons (Fsp3) is 1.00. The summed E-state index contributed by atoms with van der Waals surface area (Å²) in [4.78, 5) is 2.49. The van der Waals surface area contributed by atoms with Crippen LogP contribution in [0.5, 0.6) is 0 Å². The van der Waals surface area contributed by atoms with Crippen molar-refractivity contribution >= 4 is 0 Å². The molecule has 0 radical (unpaired) electrons. The molecule has 3 nitrogen and oxygen atoms in total. The lowest BCUT2D eigenvalue weighted by molar-refractivity contribution is 0.125. The van der Waals surface area contributed by atoms with E-state index in [9.17, 15) is 0 Å². The first-order valence-corrected chi connectivity index (χ1v) is 6.69. The Labute approximate surface area is 102 Å². The summed E-state index contributed by atoms with van der Waals surface area (Å²) in [5.74, 6) is 0. The molecule has 0 fully saturated rings. The van der Waals surface area contributed by atoms with Crippen LogP contribution in [0.15, 0.2) is 0 Å². The molecule has 0 aromatic rings. The first-order valence-electron chi connectivity index (χ1n) is 6.69. The van der Waals surface area contributed by atoms with E-state index in [1.54, 1.807) is 7.11 Å². The van der Waals surface area contributed by atoms with Gasteiger partial charge in [0.1, 0.15) is 0 Å². The van der Waals surface area contributed by atoms with Gasteiger partial charge in [0.25, 0.3) is 0 Å². The SMILES string of the molecule is CCCNCCCC(C)N(CC)CCOC. The van der Waals surface area contributed by atoms with Crippen LogP contribution in [-0.4, -0.2) is 50.8 Å². The van der Waals surface area contributed by atoms with Crippen molar-refractivity contribution in [3.63, 3.8) is 0 Å². The van der Waals surface area contributed by atoms with Gasteiger partial charge in [0, 0.05) is 19.7 Å². The highest BCUT2D eigenvalue weighted by Gasteiger charge is 2.10. The minimum absolute atomic E-state index is 0.670. The predicted octanol–water partition coefficient (Wildman–Crippen LogP) is 2.12. The molecule has 3 heteroatoms. The Balaban J connectivity index is 3.54. The normalized spacial score (nSPS) is 13.3. The molecule has 98 valence electrons. The molecule has 1 atom stereocenters. The molecule has 0 aliphatic rings. The molecule has 0 aromatic heterocycles. The minimum atomic E-state index is 0.670. The van der Waals surface area contributed by atoms with Crippen molar-refractivity contribution in [1.82, 2.24) is 10.2 Å². The van der Waals surface area contributed by atoms with Crippen LogP contribution in [0.3, 0.4) is 0 Å². The fourth-order valence-corrected chi connectivity index (χ4v) is 1.91. The summed E-state index contributed by atoms with van der Waals surface area (Å²) >= 11 is 0. The summed E-state index contributed by atoms with van der Waals surface area (Å²) in [7, 11) is 1.77. The summed E-state index contributed by atoms with van der Waals surface area (Å²) in [5, 5.41) is 3.45. The van der Waals surface area contributed by atoms with Crippen LogP contribution in [0, 0.1) is 0 Å². The first-order chi connectivity index (χ1) is 7.76. The maximum Gasteiger partial charge on any atom is 0.0589 e. The second kappa shape index (κ2) is 11.4. The van der Waals surface area contributed by atoms with E-state index in [4.69, 9.17) is 4.74 Å². The van der Waals surface area contributed by atoms with Crippen LogP contribution in [0.4, 0.5) is 0 Å². The number of methoxy groups -OCH3 is 1. The van der Waals surface area contributed by atoms with Gasteiger partial charge in [0.15, 0.2) is 0 Å². The lowest BCUT2D eigenvalue weighted by Gasteiger charge is -2.27. The Hall–Kier alpha value is -0.120. The number of ether oxygens (including phenoxy) is 1. The van der Waals surface area contributed by atoms with Crippen molar-refractivity contribution in [3.05, 3.63) is 0 Å². The highest BCUT2D eigenvalue weighted by atomic mass is 16.5. The van der Waals surface area contributed by atoms with Crippen molar-refractivity contribution in [2.45, 2.75) is 46.1 Å². The van der Waals surface area contributed by atoms with Gasteiger partial charge in [-0.1, -0.05) is 13.8 Å². The Morgan fingerprint density at radius 3 is 2.56 bits per heavy atom. The van der Waals surface area contributed by atoms with Crippen LogP contribution in [0.25, 0.3) is 0 Å². The average molecular weight is 230 g/mol. The topological polar surface area (TPSA) is 24.5 Å². The standard InChI is InChI=1S/C13H30N2O/c1-5-9-14-10-7-8-13(3)15(6-2)11-12-16-4/h13-14H,5-12H2,1-4H3. The maximum absolute atomic E-state index is 5.13. The van der Waals surface area contributed by atoms with Crippen LogP contribution in [0.1, 0.15) is 40.0 Å². The molecule has 0 saturated heterocycles. The van der Waals surface area contributed by atoms with E-state index in [-0.39, 0.29) is 0 Å². The Bertz CT molecular complexity index is 142. The fourth-order valence-electron chi connectivity index (χ4n) is 1.91. The molecule has 0 saturated carbocycles. The Kier molecular flexibility index (Phi) is 11.3. The smallest absolute Gasteiger partial charge is 0.0589 e. The molecular weight excluding hydrogens is 200 g/mol. The molecule has 1 unspecified atom stereocenters. The van der Waals surface area contributed by atoms with E-state index in [0.29, 0.717) is 6.04 Å². The molecule has 0 spiro atoms. The van der Waals surface area contributed by atoms with Gasteiger partial charge < -0.3 is 10.1 Å². The zero-order chi connectivity index (χ0) is 12.2. The average Bonchev–Trinajstić information content (AvgIpc) is 2.30. The van der Waals surface area contributed by atoms with Crippen LogP contribution < -0.4 is 5.32 Å². The molecule has 16 heavy (non-hydrogen) atoms. The second-order valence-electron chi connectivity index (χ2n) is 4.36. The molecule has 0 heterocycles. The van der Waals surface area contributed by atoms with E-state index < -0.39 is 0 Å². The summed E-state index contributed by atoms with van der Waals surface area (Å²) in [6.07, 6.45) is 3.77. The van der Waals surface area contributed by atoms with Crippen molar-refractivity contribution in [2.75, 3.05) is 39.9 Å². The number of nitrogens with one attached hydrogen (secondary N) is 1. The van der Waals surface area contributed by atoms with E-state index in [1.165, 1.54) is 19.3 Å². The number of rotatable bonds is 11. The van der Waals surface area contributed by atoms with Gasteiger partial charge in [-0.05, 0) is 45.8 Å². The Morgan fingerprint density at radius 2 is 2.00 bits per heavy atom. The van der Waals surface area contributed by atoms with Gasteiger partial charge in [0.2, 0.25) is 0 Å². The lowest BCUT2D eigenvalue weighted by atomic mass is 10.1. The van der Waals surface area contributed by atoms with Crippen LogP contribution in [-0.2, 0) is 4.74 Å². The third kappa shape index (κ3) is 8.08. The zero-order valence-electron chi connectivity index (χ0n) is 11.6. The number of hydrogen-bond acceptors (Lipinski definition) is 3. The maximum atomic E-state index is 5.13. The third-order valence-electron chi connectivity index (χ3n) is 3.01.